The van der Waals surface area contributed by atoms with Crippen molar-refractivity contribution in [3.63, 3.8) is 0 Å². The average molecular weight is 297 g/mol. The largest absolute Gasteiger partial charge is 0.323 e. The molecule has 118 valence electrons. The lowest BCUT2D eigenvalue weighted by Gasteiger charge is -2.35. The molecule has 3 nitrogen and oxygen atoms in total. The van der Waals surface area contributed by atoms with Gasteiger partial charge in [0.15, 0.2) is 0 Å². The Balaban J connectivity index is 1.60. The molecule has 1 heterocycles. The Labute approximate surface area is 133 Å². The molecule has 2 N–H and O–H groups in total. The molecule has 0 aromatic heterocycles. The molecule has 22 heavy (non-hydrogen) atoms. The zero-order valence-corrected chi connectivity index (χ0v) is 13.5. The molecule has 2 aromatic carbocycles. The zero-order valence-electron chi connectivity index (χ0n) is 13.5. The Kier molecular flexibility index (Phi) is 5.08. The summed E-state index contributed by atoms with van der Waals surface area (Å²) in [5, 5.41) is 2.56. The van der Waals surface area contributed by atoms with Crippen LogP contribution >= 0.6 is 0 Å². The second-order valence-corrected chi connectivity index (χ2v) is 6.36. The van der Waals surface area contributed by atoms with Crippen molar-refractivity contribution >= 4 is 10.8 Å². The first kappa shape index (κ1) is 15.5. The summed E-state index contributed by atoms with van der Waals surface area (Å²) in [6.45, 7) is 9.07. The first-order valence-electron chi connectivity index (χ1n) is 8.45. The summed E-state index contributed by atoms with van der Waals surface area (Å²) in [7, 11) is 0. The number of nitrogens with zero attached hydrogens (tertiary/aromatic N) is 2. The average Bonchev–Trinajstić information content (AvgIpc) is 2.56. The van der Waals surface area contributed by atoms with E-state index in [0.717, 1.165) is 19.6 Å². The van der Waals surface area contributed by atoms with Gasteiger partial charge in [-0.05, 0) is 35.4 Å². The molecular weight excluding hydrogens is 270 g/mol. The molecule has 0 bridgehead atoms. The Morgan fingerprint density at radius 1 is 0.955 bits per heavy atom. The van der Waals surface area contributed by atoms with E-state index in [1.165, 1.54) is 42.4 Å². The molecule has 0 radical (unpaired) electrons. The normalized spacial score (nSPS) is 18.6. The van der Waals surface area contributed by atoms with Gasteiger partial charge in [0.25, 0.3) is 0 Å². The van der Waals surface area contributed by atoms with Crippen LogP contribution in [0.15, 0.2) is 42.5 Å². The van der Waals surface area contributed by atoms with Crippen LogP contribution in [0.25, 0.3) is 10.8 Å². The standard InChI is InChI=1S/C19H27N3/c1-2-9-21-10-12-22(13-11-21)15-19(20)18-8-7-16-5-3-4-6-17(16)14-18/h3-8,14,19H,2,9-13,15,20H2,1H3. The predicted octanol–water partition coefficient (Wildman–Crippen LogP) is 2.87. The lowest BCUT2D eigenvalue weighted by Crippen LogP contribution is -2.48. The summed E-state index contributed by atoms with van der Waals surface area (Å²) in [6.07, 6.45) is 1.25. The number of hydrogen-bond donors (Lipinski definition) is 1. The highest BCUT2D eigenvalue weighted by Gasteiger charge is 2.18. The van der Waals surface area contributed by atoms with Gasteiger partial charge in [0, 0.05) is 38.8 Å². The molecule has 1 unspecified atom stereocenters. The maximum atomic E-state index is 6.45. The molecule has 3 heteroatoms. The van der Waals surface area contributed by atoms with Crippen LogP contribution in [0, 0.1) is 0 Å². The summed E-state index contributed by atoms with van der Waals surface area (Å²) in [6, 6.07) is 15.2. The molecule has 0 saturated carbocycles. The maximum absolute atomic E-state index is 6.45. The van der Waals surface area contributed by atoms with E-state index < -0.39 is 0 Å². The Bertz CT molecular complexity index is 602. The summed E-state index contributed by atoms with van der Waals surface area (Å²) in [4.78, 5) is 5.06. The first-order chi connectivity index (χ1) is 10.8. The van der Waals surface area contributed by atoms with Crippen molar-refractivity contribution in [3.05, 3.63) is 48.0 Å². The highest BCUT2D eigenvalue weighted by Crippen LogP contribution is 2.20. The fraction of sp³-hybridized carbons (Fsp3) is 0.474. The minimum Gasteiger partial charge on any atom is -0.323 e. The fourth-order valence-corrected chi connectivity index (χ4v) is 3.33. The molecule has 0 spiro atoms. The Hall–Kier alpha value is -1.42. The van der Waals surface area contributed by atoms with Crippen molar-refractivity contribution in [2.45, 2.75) is 19.4 Å². The van der Waals surface area contributed by atoms with Crippen LogP contribution in [0.4, 0.5) is 0 Å². The van der Waals surface area contributed by atoms with Gasteiger partial charge < -0.3 is 10.6 Å². The van der Waals surface area contributed by atoms with Crippen molar-refractivity contribution in [2.75, 3.05) is 39.3 Å². The van der Waals surface area contributed by atoms with E-state index in [1.54, 1.807) is 0 Å². The fourth-order valence-electron chi connectivity index (χ4n) is 3.33. The molecule has 2 aromatic rings. The van der Waals surface area contributed by atoms with E-state index in [0.29, 0.717) is 0 Å². The number of nitrogens with two attached hydrogens (primary N) is 1. The van der Waals surface area contributed by atoms with Crippen LogP contribution in [0.3, 0.4) is 0 Å². The van der Waals surface area contributed by atoms with Crippen molar-refractivity contribution in [3.8, 4) is 0 Å². The maximum Gasteiger partial charge on any atom is 0.0424 e. The van der Waals surface area contributed by atoms with E-state index in [1.807, 2.05) is 0 Å². The summed E-state index contributed by atoms with van der Waals surface area (Å²) in [5.41, 5.74) is 7.70. The molecule has 1 aliphatic rings. The summed E-state index contributed by atoms with van der Waals surface area (Å²) < 4.78 is 0. The van der Waals surface area contributed by atoms with Gasteiger partial charge in [-0.25, -0.2) is 0 Å². The van der Waals surface area contributed by atoms with Crippen LogP contribution in [-0.4, -0.2) is 49.1 Å². The van der Waals surface area contributed by atoms with Crippen LogP contribution in [-0.2, 0) is 0 Å². The van der Waals surface area contributed by atoms with Crippen LogP contribution < -0.4 is 5.73 Å². The zero-order chi connectivity index (χ0) is 15.4. The monoisotopic (exact) mass is 297 g/mol. The number of piperazine rings is 1. The van der Waals surface area contributed by atoms with Gasteiger partial charge >= 0.3 is 0 Å². The van der Waals surface area contributed by atoms with Crippen LogP contribution in [0.5, 0.6) is 0 Å². The Morgan fingerprint density at radius 2 is 1.64 bits per heavy atom. The van der Waals surface area contributed by atoms with Crippen molar-refractivity contribution in [1.29, 1.82) is 0 Å². The minimum absolute atomic E-state index is 0.0994. The van der Waals surface area contributed by atoms with E-state index in [4.69, 9.17) is 5.73 Å². The van der Waals surface area contributed by atoms with E-state index in [2.05, 4.69) is 59.2 Å². The summed E-state index contributed by atoms with van der Waals surface area (Å²) in [5.74, 6) is 0. The van der Waals surface area contributed by atoms with E-state index in [9.17, 15) is 0 Å². The molecule has 0 amide bonds. The van der Waals surface area contributed by atoms with Crippen molar-refractivity contribution in [1.82, 2.24) is 9.80 Å². The van der Waals surface area contributed by atoms with Gasteiger partial charge in [-0.15, -0.1) is 0 Å². The van der Waals surface area contributed by atoms with Crippen LogP contribution in [0.1, 0.15) is 24.9 Å². The molecule has 1 fully saturated rings. The van der Waals surface area contributed by atoms with Gasteiger partial charge in [-0.2, -0.15) is 0 Å². The SMILES string of the molecule is CCCN1CCN(CC(N)c2ccc3ccccc3c2)CC1. The van der Waals surface area contributed by atoms with Crippen molar-refractivity contribution < 1.29 is 0 Å². The second kappa shape index (κ2) is 7.23. The molecule has 1 atom stereocenters. The lowest BCUT2D eigenvalue weighted by atomic mass is 10.0. The molecule has 3 rings (SSSR count). The third-order valence-corrected chi connectivity index (χ3v) is 4.66. The highest BCUT2D eigenvalue weighted by atomic mass is 15.3. The lowest BCUT2D eigenvalue weighted by molar-refractivity contribution is 0.127. The molecule has 1 saturated heterocycles. The first-order valence-corrected chi connectivity index (χ1v) is 8.45. The molecular formula is C19H27N3. The second-order valence-electron chi connectivity index (χ2n) is 6.36. The minimum atomic E-state index is 0.0994. The van der Waals surface area contributed by atoms with Crippen LogP contribution in [0.2, 0.25) is 0 Å². The molecule has 1 aliphatic heterocycles. The van der Waals surface area contributed by atoms with E-state index >= 15 is 0 Å². The number of rotatable bonds is 5. The van der Waals surface area contributed by atoms with E-state index in [-0.39, 0.29) is 6.04 Å². The smallest absolute Gasteiger partial charge is 0.0424 e. The van der Waals surface area contributed by atoms with Gasteiger partial charge in [0.05, 0.1) is 0 Å². The topological polar surface area (TPSA) is 32.5 Å². The Morgan fingerprint density at radius 3 is 2.36 bits per heavy atom. The van der Waals surface area contributed by atoms with Gasteiger partial charge in [-0.3, -0.25) is 4.90 Å². The number of fused-ring (bicyclic) bond motifs is 1. The predicted molar refractivity (Wildman–Crippen MR) is 94.0 cm³/mol. The van der Waals surface area contributed by atoms with Gasteiger partial charge in [-0.1, -0.05) is 43.3 Å². The van der Waals surface area contributed by atoms with Gasteiger partial charge in [0.2, 0.25) is 0 Å². The highest BCUT2D eigenvalue weighted by molar-refractivity contribution is 5.83. The molecule has 0 aliphatic carbocycles. The number of hydrogen-bond acceptors (Lipinski definition) is 3. The summed E-state index contributed by atoms with van der Waals surface area (Å²) >= 11 is 0. The number of benzene rings is 2. The van der Waals surface area contributed by atoms with Gasteiger partial charge in [0.1, 0.15) is 0 Å². The van der Waals surface area contributed by atoms with Crippen molar-refractivity contribution in [2.24, 2.45) is 5.73 Å². The quantitative estimate of drug-likeness (QED) is 0.921. The third kappa shape index (κ3) is 3.67. The third-order valence-electron chi connectivity index (χ3n) is 4.66.